The molecule has 4 rings (SSSR count). The minimum absolute atomic E-state index is 0.00369. The Hall–Kier alpha value is -3.70. The smallest absolute Gasteiger partial charge is 0.244 e. The number of nitrogens with two attached hydrogens (primary N) is 1. The molecule has 2 aromatic carbocycles. The van der Waals surface area contributed by atoms with Crippen LogP contribution in [0.3, 0.4) is 0 Å². The number of nitrogens with zero attached hydrogens (tertiary/aromatic N) is 2. The first-order valence-corrected chi connectivity index (χ1v) is 10.3. The van der Waals surface area contributed by atoms with Crippen LogP contribution in [-0.4, -0.2) is 16.8 Å². The van der Waals surface area contributed by atoms with E-state index in [2.05, 4.69) is 16.3 Å². The summed E-state index contributed by atoms with van der Waals surface area (Å²) in [6, 6.07) is 11.9. The fourth-order valence-electron chi connectivity index (χ4n) is 3.64. The summed E-state index contributed by atoms with van der Waals surface area (Å²) in [4.78, 5) is 0. The number of nitrogens with one attached hydrogen (secondary N) is 1. The predicted molar refractivity (Wildman–Crippen MR) is 116 cm³/mol. The van der Waals surface area contributed by atoms with Crippen molar-refractivity contribution in [2.45, 2.75) is 26.4 Å². The number of ether oxygens (including phenoxy) is 3. The van der Waals surface area contributed by atoms with Gasteiger partial charge in [0.15, 0.2) is 11.5 Å². The second-order valence-electron chi connectivity index (χ2n) is 7.12. The number of fused-ring (bicyclic) bond motifs is 1. The average molecular weight is 455 g/mol. The molecule has 0 spiro atoms. The number of halogens is 2. The van der Waals surface area contributed by atoms with Crippen LogP contribution in [0.1, 0.15) is 35.2 Å². The molecule has 0 fully saturated rings. The van der Waals surface area contributed by atoms with Gasteiger partial charge in [-0.25, -0.2) is 4.39 Å². The number of aryl methyl sites for hydroxylation is 1. The number of H-pyrrole nitrogens is 1. The number of rotatable bonds is 6. The van der Waals surface area contributed by atoms with Crippen molar-refractivity contribution in [2.75, 3.05) is 6.61 Å². The highest BCUT2D eigenvalue weighted by molar-refractivity contribution is 6.31. The van der Waals surface area contributed by atoms with Crippen LogP contribution in [-0.2, 0) is 6.61 Å². The van der Waals surface area contributed by atoms with Crippen LogP contribution in [0.2, 0.25) is 5.02 Å². The van der Waals surface area contributed by atoms with Crippen LogP contribution < -0.4 is 19.9 Å². The number of benzene rings is 2. The number of aromatic amines is 1. The van der Waals surface area contributed by atoms with Gasteiger partial charge in [0.2, 0.25) is 11.8 Å². The van der Waals surface area contributed by atoms with Gasteiger partial charge in [0.25, 0.3) is 0 Å². The maximum atomic E-state index is 14.1. The zero-order valence-corrected chi connectivity index (χ0v) is 18.2. The highest BCUT2D eigenvalue weighted by Crippen LogP contribution is 2.44. The molecule has 0 saturated carbocycles. The molecule has 9 heteroatoms. The summed E-state index contributed by atoms with van der Waals surface area (Å²) in [7, 11) is 0. The number of hydrogen-bond acceptors (Lipinski definition) is 6. The van der Waals surface area contributed by atoms with Crippen LogP contribution in [0.4, 0.5) is 4.39 Å². The highest BCUT2D eigenvalue weighted by Gasteiger charge is 2.34. The van der Waals surface area contributed by atoms with Gasteiger partial charge in [-0.05, 0) is 43.7 Å². The molecule has 164 valence electrons. The van der Waals surface area contributed by atoms with Gasteiger partial charge >= 0.3 is 0 Å². The van der Waals surface area contributed by atoms with Crippen molar-refractivity contribution in [3.05, 3.63) is 81.1 Å². The molecule has 0 amide bonds. The molecule has 32 heavy (non-hydrogen) atoms. The van der Waals surface area contributed by atoms with E-state index in [1.54, 1.807) is 24.3 Å². The van der Waals surface area contributed by atoms with Crippen LogP contribution >= 0.6 is 11.6 Å². The van der Waals surface area contributed by atoms with E-state index in [0.717, 1.165) is 16.8 Å². The van der Waals surface area contributed by atoms with Crippen molar-refractivity contribution < 1.29 is 18.6 Å². The van der Waals surface area contributed by atoms with Gasteiger partial charge in [0, 0.05) is 16.8 Å². The largest absolute Gasteiger partial charge is 0.490 e. The van der Waals surface area contributed by atoms with Crippen LogP contribution in [0.25, 0.3) is 0 Å². The molecule has 0 aliphatic carbocycles. The van der Waals surface area contributed by atoms with Gasteiger partial charge in [-0.3, -0.25) is 5.10 Å². The van der Waals surface area contributed by atoms with E-state index in [1.807, 2.05) is 13.8 Å². The van der Waals surface area contributed by atoms with E-state index < -0.39 is 11.7 Å². The van der Waals surface area contributed by atoms with E-state index >= 15 is 0 Å². The lowest BCUT2D eigenvalue weighted by Gasteiger charge is -2.24. The van der Waals surface area contributed by atoms with Gasteiger partial charge < -0.3 is 19.9 Å². The molecule has 1 atom stereocenters. The summed E-state index contributed by atoms with van der Waals surface area (Å²) in [6.45, 7) is 4.00. The molecule has 1 unspecified atom stereocenters. The Balaban J connectivity index is 1.72. The summed E-state index contributed by atoms with van der Waals surface area (Å²) >= 11 is 6.10. The van der Waals surface area contributed by atoms with Gasteiger partial charge in [0.1, 0.15) is 24.1 Å². The van der Waals surface area contributed by atoms with E-state index in [0.29, 0.717) is 24.0 Å². The lowest BCUT2D eigenvalue weighted by atomic mass is 9.84. The molecule has 3 aromatic rings. The number of hydrogen-bond donors (Lipinski definition) is 2. The van der Waals surface area contributed by atoms with Crippen molar-refractivity contribution in [2.24, 2.45) is 5.73 Å². The van der Waals surface area contributed by atoms with E-state index in [-0.39, 0.29) is 28.6 Å². The second kappa shape index (κ2) is 8.81. The first-order chi connectivity index (χ1) is 15.4. The highest BCUT2D eigenvalue weighted by atomic mass is 35.5. The minimum Gasteiger partial charge on any atom is -0.490 e. The molecule has 7 nitrogen and oxygen atoms in total. The molecule has 0 radical (unpaired) electrons. The van der Waals surface area contributed by atoms with Crippen molar-refractivity contribution in [1.82, 2.24) is 10.2 Å². The molecule has 3 N–H and O–H groups in total. The average Bonchev–Trinajstić information content (AvgIpc) is 3.13. The van der Waals surface area contributed by atoms with Gasteiger partial charge in [-0.15, -0.1) is 5.10 Å². The predicted octanol–water partition coefficient (Wildman–Crippen LogP) is 4.71. The summed E-state index contributed by atoms with van der Waals surface area (Å²) in [5, 5.41) is 17.0. The van der Waals surface area contributed by atoms with Crippen molar-refractivity contribution >= 4 is 11.6 Å². The molecule has 0 bridgehead atoms. The van der Waals surface area contributed by atoms with E-state index in [4.69, 9.17) is 31.5 Å². The van der Waals surface area contributed by atoms with Crippen LogP contribution in [0.15, 0.2) is 47.9 Å². The van der Waals surface area contributed by atoms with E-state index in [9.17, 15) is 9.65 Å². The summed E-state index contributed by atoms with van der Waals surface area (Å²) < 4.78 is 31.2. The quantitative estimate of drug-likeness (QED) is 0.558. The number of nitriles is 1. The zero-order chi connectivity index (χ0) is 22.8. The Morgan fingerprint density at radius 3 is 2.81 bits per heavy atom. The van der Waals surface area contributed by atoms with Gasteiger partial charge in [-0.2, -0.15) is 5.26 Å². The van der Waals surface area contributed by atoms with Gasteiger partial charge in [0.05, 0.1) is 17.5 Å². The molecule has 1 aromatic heterocycles. The fraction of sp³-hybridized carbons (Fsp3) is 0.217. The molecule has 2 heterocycles. The second-order valence-corrected chi connectivity index (χ2v) is 7.53. The first-order valence-electron chi connectivity index (χ1n) is 9.89. The summed E-state index contributed by atoms with van der Waals surface area (Å²) in [5.74, 6) is 0.262. The molecule has 1 aliphatic rings. The monoisotopic (exact) mass is 454 g/mol. The molecular weight excluding hydrogens is 435 g/mol. The molecule has 0 saturated heterocycles. The third-order valence-electron chi connectivity index (χ3n) is 5.16. The van der Waals surface area contributed by atoms with Crippen LogP contribution in [0.5, 0.6) is 17.4 Å². The maximum Gasteiger partial charge on any atom is 0.244 e. The Labute approximate surface area is 189 Å². The lowest BCUT2D eigenvalue weighted by Crippen LogP contribution is -2.21. The Bertz CT molecular complexity index is 1230. The molecular formula is C23H20ClFN4O3. The standard InChI is InChI=1S/C23H20ClFN4O3/c1-3-30-19-9-13(7-8-18(19)31-11-15-16(24)5-4-6-17(15)25)21-14(10-26)22(27)32-23-20(21)12(2)28-29-23/h4-9,21H,3,11,27H2,1-2H3,(H,28,29). The van der Waals surface area contributed by atoms with Crippen LogP contribution in [0, 0.1) is 24.1 Å². The summed E-state index contributed by atoms with van der Waals surface area (Å²) in [6.07, 6.45) is 0. The topological polar surface area (TPSA) is 106 Å². The fourth-order valence-corrected chi connectivity index (χ4v) is 3.86. The Morgan fingerprint density at radius 1 is 1.28 bits per heavy atom. The SMILES string of the molecule is CCOc1cc(C2C(C#N)=C(N)Oc3n[nH]c(C)c32)ccc1OCc1c(F)cccc1Cl. The normalized spacial score (nSPS) is 15.0. The first kappa shape index (κ1) is 21.5. The van der Waals surface area contributed by atoms with Crippen molar-refractivity contribution in [3.63, 3.8) is 0 Å². The van der Waals surface area contributed by atoms with Gasteiger partial charge in [-0.1, -0.05) is 23.7 Å². The zero-order valence-electron chi connectivity index (χ0n) is 17.4. The third kappa shape index (κ3) is 3.83. The van der Waals surface area contributed by atoms with Crippen molar-refractivity contribution in [3.8, 4) is 23.4 Å². The third-order valence-corrected chi connectivity index (χ3v) is 5.52. The van der Waals surface area contributed by atoms with Crippen molar-refractivity contribution in [1.29, 1.82) is 5.26 Å². The lowest BCUT2D eigenvalue weighted by molar-refractivity contribution is 0.265. The van der Waals surface area contributed by atoms with E-state index in [1.165, 1.54) is 12.1 Å². The number of aromatic nitrogens is 2. The Morgan fingerprint density at radius 2 is 2.09 bits per heavy atom. The Kier molecular flexibility index (Phi) is 5.93. The number of allylic oxidation sites excluding steroid dienone is 1. The summed E-state index contributed by atoms with van der Waals surface area (Å²) in [5.41, 5.74) is 8.75. The maximum absolute atomic E-state index is 14.1. The minimum atomic E-state index is -0.489. The molecule has 1 aliphatic heterocycles.